The first kappa shape index (κ1) is 9.01. The molecule has 0 amide bonds. The van der Waals surface area contributed by atoms with Crippen LogP contribution in [-0.4, -0.2) is 26.8 Å². The highest BCUT2D eigenvalue weighted by atomic mass is 16.5. The summed E-state index contributed by atoms with van der Waals surface area (Å²) in [6.45, 7) is 7.60. The number of hydrogen-bond acceptors (Lipinski definition) is 2. The number of nitrogens with one attached hydrogen (secondary N) is 1. The summed E-state index contributed by atoms with van der Waals surface area (Å²) in [6, 6.07) is 0. The number of rotatable bonds is 4. The molecule has 1 rings (SSSR count). The molecular weight excluding hydrogens is 138 g/mol. The van der Waals surface area contributed by atoms with Gasteiger partial charge in [0, 0.05) is 5.41 Å². The van der Waals surface area contributed by atoms with Crippen molar-refractivity contribution in [2.24, 2.45) is 11.3 Å². The number of ether oxygens (including phenoxy) is 1. The molecule has 0 aliphatic carbocycles. The maximum atomic E-state index is 5.24. The predicted molar refractivity (Wildman–Crippen MR) is 46.6 cm³/mol. The van der Waals surface area contributed by atoms with Crippen LogP contribution in [0.25, 0.3) is 0 Å². The third-order valence-corrected chi connectivity index (χ3v) is 2.79. The van der Waals surface area contributed by atoms with Crippen LogP contribution in [0.4, 0.5) is 0 Å². The predicted octanol–water partition coefficient (Wildman–Crippen LogP) is 1.27. The second-order valence-corrected chi connectivity index (χ2v) is 3.81. The Morgan fingerprint density at radius 1 is 1.55 bits per heavy atom. The Morgan fingerprint density at radius 3 is 2.45 bits per heavy atom. The van der Waals surface area contributed by atoms with Crippen molar-refractivity contribution in [3.05, 3.63) is 0 Å². The van der Waals surface area contributed by atoms with Crippen LogP contribution in [-0.2, 0) is 4.74 Å². The molecule has 0 aromatic rings. The Bertz CT molecular complexity index is 121. The molecule has 1 atom stereocenters. The fourth-order valence-electron chi connectivity index (χ4n) is 1.79. The first-order valence-electron chi connectivity index (χ1n) is 4.45. The van der Waals surface area contributed by atoms with Crippen molar-refractivity contribution in [1.82, 2.24) is 5.32 Å². The van der Waals surface area contributed by atoms with Gasteiger partial charge in [0.25, 0.3) is 0 Å². The molecule has 0 aromatic heterocycles. The Morgan fingerprint density at radius 2 is 2.18 bits per heavy atom. The molecule has 1 saturated heterocycles. The zero-order valence-electron chi connectivity index (χ0n) is 7.81. The van der Waals surface area contributed by atoms with Gasteiger partial charge in [-0.1, -0.05) is 20.3 Å². The van der Waals surface area contributed by atoms with E-state index in [-0.39, 0.29) is 0 Å². The van der Waals surface area contributed by atoms with Crippen LogP contribution in [0.2, 0.25) is 0 Å². The van der Waals surface area contributed by atoms with Gasteiger partial charge in [0.2, 0.25) is 0 Å². The van der Waals surface area contributed by atoms with Gasteiger partial charge in [-0.05, 0) is 19.5 Å². The van der Waals surface area contributed by atoms with E-state index in [1.165, 1.54) is 6.42 Å². The van der Waals surface area contributed by atoms with Crippen molar-refractivity contribution >= 4 is 0 Å². The summed E-state index contributed by atoms with van der Waals surface area (Å²) in [5.41, 5.74) is 0.456. The van der Waals surface area contributed by atoms with Crippen molar-refractivity contribution in [3.8, 4) is 0 Å². The molecule has 0 radical (unpaired) electrons. The van der Waals surface area contributed by atoms with Crippen molar-refractivity contribution in [1.29, 1.82) is 0 Å². The Hall–Kier alpha value is -0.0800. The van der Waals surface area contributed by atoms with Crippen molar-refractivity contribution < 1.29 is 4.74 Å². The summed E-state index contributed by atoms with van der Waals surface area (Å²) in [7, 11) is 2.02. The van der Waals surface area contributed by atoms with Gasteiger partial charge in [0.05, 0.1) is 13.2 Å². The molecule has 1 fully saturated rings. The molecule has 0 spiro atoms. The average Bonchev–Trinajstić information content (AvgIpc) is 1.96. The molecular formula is C9H19NO. The van der Waals surface area contributed by atoms with Gasteiger partial charge in [-0.2, -0.15) is 0 Å². The van der Waals surface area contributed by atoms with E-state index in [1.807, 2.05) is 7.05 Å². The van der Waals surface area contributed by atoms with Gasteiger partial charge in [-0.3, -0.25) is 0 Å². The van der Waals surface area contributed by atoms with Crippen LogP contribution in [0.1, 0.15) is 20.3 Å². The highest BCUT2D eigenvalue weighted by Crippen LogP contribution is 2.36. The molecule has 1 aliphatic rings. The molecule has 1 heterocycles. The fourth-order valence-corrected chi connectivity index (χ4v) is 1.79. The molecule has 0 bridgehead atoms. The summed E-state index contributed by atoms with van der Waals surface area (Å²) in [5.74, 6) is 0.779. The second-order valence-electron chi connectivity index (χ2n) is 3.81. The summed E-state index contributed by atoms with van der Waals surface area (Å²) < 4.78 is 5.24. The van der Waals surface area contributed by atoms with E-state index >= 15 is 0 Å². The first-order valence-corrected chi connectivity index (χ1v) is 4.45. The lowest BCUT2D eigenvalue weighted by atomic mass is 9.74. The summed E-state index contributed by atoms with van der Waals surface area (Å²) in [5, 5.41) is 3.24. The Balaban J connectivity index is 2.39. The van der Waals surface area contributed by atoms with Crippen LogP contribution in [0.5, 0.6) is 0 Å². The average molecular weight is 157 g/mol. The lowest BCUT2D eigenvalue weighted by Gasteiger charge is -2.44. The van der Waals surface area contributed by atoms with Gasteiger partial charge in [-0.15, -0.1) is 0 Å². The summed E-state index contributed by atoms with van der Waals surface area (Å²) >= 11 is 0. The third kappa shape index (κ3) is 1.74. The molecule has 2 nitrogen and oxygen atoms in total. The van der Waals surface area contributed by atoms with Gasteiger partial charge >= 0.3 is 0 Å². The van der Waals surface area contributed by atoms with Gasteiger partial charge in [-0.25, -0.2) is 0 Å². The van der Waals surface area contributed by atoms with E-state index < -0.39 is 0 Å². The topological polar surface area (TPSA) is 21.3 Å². The van der Waals surface area contributed by atoms with E-state index in [2.05, 4.69) is 19.2 Å². The van der Waals surface area contributed by atoms with Crippen LogP contribution in [0.15, 0.2) is 0 Å². The smallest absolute Gasteiger partial charge is 0.0545 e. The summed E-state index contributed by atoms with van der Waals surface area (Å²) in [4.78, 5) is 0. The minimum atomic E-state index is 0.456. The van der Waals surface area contributed by atoms with Crippen molar-refractivity contribution in [2.45, 2.75) is 20.3 Å². The van der Waals surface area contributed by atoms with E-state index in [1.54, 1.807) is 0 Å². The SMILES string of the molecule is CCC(CNC)C1(C)COC1. The minimum absolute atomic E-state index is 0.456. The van der Waals surface area contributed by atoms with Crippen LogP contribution >= 0.6 is 0 Å². The molecule has 1 unspecified atom stereocenters. The first-order chi connectivity index (χ1) is 5.23. The van der Waals surface area contributed by atoms with Gasteiger partial charge in [0.1, 0.15) is 0 Å². The summed E-state index contributed by atoms with van der Waals surface area (Å²) in [6.07, 6.45) is 1.25. The van der Waals surface area contributed by atoms with Gasteiger partial charge < -0.3 is 10.1 Å². The van der Waals surface area contributed by atoms with Crippen molar-refractivity contribution in [3.63, 3.8) is 0 Å². The second kappa shape index (κ2) is 3.55. The maximum Gasteiger partial charge on any atom is 0.0545 e. The Labute approximate surface area is 69.3 Å². The lowest BCUT2D eigenvalue weighted by Crippen LogP contribution is -2.48. The van der Waals surface area contributed by atoms with E-state index in [4.69, 9.17) is 4.74 Å². The lowest BCUT2D eigenvalue weighted by molar-refractivity contribution is -0.134. The Kier molecular flexibility index (Phi) is 2.90. The van der Waals surface area contributed by atoms with Gasteiger partial charge in [0.15, 0.2) is 0 Å². The quantitative estimate of drug-likeness (QED) is 0.663. The molecule has 1 N–H and O–H groups in total. The highest BCUT2D eigenvalue weighted by molar-refractivity contribution is 4.88. The molecule has 66 valence electrons. The molecule has 11 heavy (non-hydrogen) atoms. The van der Waals surface area contributed by atoms with E-state index in [9.17, 15) is 0 Å². The maximum absolute atomic E-state index is 5.24. The normalized spacial score (nSPS) is 24.3. The minimum Gasteiger partial charge on any atom is -0.380 e. The third-order valence-electron chi connectivity index (χ3n) is 2.79. The monoisotopic (exact) mass is 157 g/mol. The fraction of sp³-hybridized carbons (Fsp3) is 1.00. The molecule has 1 aliphatic heterocycles. The molecule has 2 heteroatoms. The van der Waals surface area contributed by atoms with Crippen molar-refractivity contribution in [2.75, 3.05) is 26.8 Å². The highest BCUT2D eigenvalue weighted by Gasteiger charge is 2.39. The standard InChI is InChI=1S/C9H19NO/c1-4-8(5-10-3)9(2)6-11-7-9/h8,10H,4-7H2,1-3H3. The number of hydrogen-bond donors (Lipinski definition) is 1. The van der Waals surface area contributed by atoms with Crippen LogP contribution < -0.4 is 5.32 Å². The molecule has 0 aromatic carbocycles. The van der Waals surface area contributed by atoms with E-state index in [0.717, 1.165) is 25.7 Å². The zero-order chi connectivity index (χ0) is 8.32. The molecule has 0 saturated carbocycles. The van der Waals surface area contributed by atoms with Crippen LogP contribution in [0.3, 0.4) is 0 Å². The van der Waals surface area contributed by atoms with Crippen LogP contribution in [0, 0.1) is 11.3 Å². The largest absolute Gasteiger partial charge is 0.380 e. The van der Waals surface area contributed by atoms with E-state index in [0.29, 0.717) is 5.41 Å². The zero-order valence-corrected chi connectivity index (χ0v) is 7.81.